The van der Waals surface area contributed by atoms with E-state index >= 15 is 0 Å². The molecule has 0 saturated carbocycles. The Morgan fingerprint density at radius 1 is 1.38 bits per heavy atom. The van der Waals surface area contributed by atoms with E-state index in [2.05, 4.69) is 20.7 Å². The van der Waals surface area contributed by atoms with Crippen LogP contribution in [0.5, 0.6) is 0 Å². The Morgan fingerprint density at radius 3 is 2.38 bits per heavy atom. The van der Waals surface area contributed by atoms with Gasteiger partial charge in [0.15, 0.2) is 0 Å². The van der Waals surface area contributed by atoms with E-state index < -0.39 is 10.2 Å². The van der Waals surface area contributed by atoms with Gasteiger partial charge in [0.05, 0.1) is 11.4 Å². The molecule has 0 atom stereocenters. The van der Waals surface area contributed by atoms with E-state index in [1.54, 1.807) is 12.1 Å². The lowest BCUT2D eigenvalue weighted by atomic mass is 10.2. The van der Waals surface area contributed by atoms with Gasteiger partial charge in [-0.1, -0.05) is 0 Å². The molecule has 3 N–H and O–H groups in total. The first-order chi connectivity index (χ1) is 7.24. The summed E-state index contributed by atoms with van der Waals surface area (Å²) >= 11 is 3.27. The molecule has 7 heteroatoms. The number of hydrogen-bond donors (Lipinski definition) is 2. The zero-order valence-electron chi connectivity index (χ0n) is 9.28. The summed E-state index contributed by atoms with van der Waals surface area (Å²) in [5, 5.41) is 0. The number of rotatable bonds is 3. The van der Waals surface area contributed by atoms with Crippen molar-refractivity contribution in [1.29, 1.82) is 0 Å². The minimum atomic E-state index is -3.54. The summed E-state index contributed by atoms with van der Waals surface area (Å²) in [7, 11) is -0.646. The van der Waals surface area contributed by atoms with E-state index in [-0.39, 0.29) is 0 Å². The number of aryl methyl sites for hydroxylation is 1. The van der Waals surface area contributed by atoms with Gasteiger partial charge >= 0.3 is 10.2 Å². The maximum Gasteiger partial charge on any atom is 0.301 e. The lowest BCUT2D eigenvalue weighted by Crippen LogP contribution is -2.29. The summed E-state index contributed by atoms with van der Waals surface area (Å²) in [6.07, 6.45) is 0. The molecule has 1 aromatic rings. The maximum atomic E-state index is 11.6. The van der Waals surface area contributed by atoms with Crippen LogP contribution in [-0.2, 0) is 10.2 Å². The average molecular weight is 308 g/mol. The molecular weight excluding hydrogens is 294 g/mol. The van der Waals surface area contributed by atoms with Gasteiger partial charge in [-0.3, -0.25) is 4.72 Å². The predicted molar refractivity (Wildman–Crippen MR) is 69.5 cm³/mol. The summed E-state index contributed by atoms with van der Waals surface area (Å²) in [4.78, 5) is 0. The fraction of sp³-hybridized carbons (Fsp3) is 0.333. The van der Waals surface area contributed by atoms with E-state index in [9.17, 15) is 8.42 Å². The van der Waals surface area contributed by atoms with E-state index in [1.807, 2.05) is 6.92 Å². The van der Waals surface area contributed by atoms with Gasteiger partial charge in [0.25, 0.3) is 0 Å². The average Bonchev–Trinajstić information content (AvgIpc) is 2.11. The second-order valence-corrected chi connectivity index (χ2v) is 6.34. The molecule has 0 aliphatic carbocycles. The summed E-state index contributed by atoms with van der Waals surface area (Å²) in [5.41, 5.74) is 7.46. The first-order valence-electron chi connectivity index (χ1n) is 4.50. The summed E-state index contributed by atoms with van der Waals surface area (Å²) < 4.78 is 27.4. The van der Waals surface area contributed by atoms with E-state index in [0.29, 0.717) is 15.8 Å². The predicted octanol–water partition coefficient (Wildman–Crippen LogP) is 1.56. The molecule has 0 amide bonds. The highest BCUT2D eigenvalue weighted by molar-refractivity contribution is 9.10. The molecule has 1 aromatic carbocycles. The Balaban J connectivity index is 3.17. The largest absolute Gasteiger partial charge is 0.397 e. The van der Waals surface area contributed by atoms with Gasteiger partial charge in [0.1, 0.15) is 0 Å². The molecule has 0 saturated heterocycles. The second kappa shape index (κ2) is 4.60. The van der Waals surface area contributed by atoms with Gasteiger partial charge in [-0.05, 0) is 40.5 Å². The first kappa shape index (κ1) is 13.3. The van der Waals surface area contributed by atoms with E-state index in [1.165, 1.54) is 14.1 Å². The molecule has 0 radical (unpaired) electrons. The summed E-state index contributed by atoms with van der Waals surface area (Å²) in [5.74, 6) is 0. The van der Waals surface area contributed by atoms with Crippen molar-refractivity contribution in [3.63, 3.8) is 0 Å². The summed E-state index contributed by atoms with van der Waals surface area (Å²) in [6, 6.07) is 3.50. The number of anilines is 2. The lowest BCUT2D eigenvalue weighted by molar-refractivity contribution is 0.527. The standard InChI is InChI=1S/C9H14BrN3O2S/c1-6-4-7(10)9(8(11)5-6)12-16(14,15)13(2)3/h4-5,12H,11H2,1-3H3. The van der Waals surface area contributed by atoms with Crippen molar-refractivity contribution in [2.75, 3.05) is 24.6 Å². The molecule has 0 aromatic heterocycles. The van der Waals surface area contributed by atoms with Crippen molar-refractivity contribution in [2.45, 2.75) is 6.92 Å². The van der Waals surface area contributed by atoms with Crippen molar-refractivity contribution in [3.05, 3.63) is 22.2 Å². The fourth-order valence-corrected chi connectivity index (χ4v) is 2.59. The van der Waals surface area contributed by atoms with Crippen LogP contribution in [0.15, 0.2) is 16.6 Å². The van der Waals surface area contributed by atoms with Crippen LogP contribution in [0.4, 0.5) is 11.4 Å². The molecule has 0 bridgehead atoms. The molecular formula is C9H14BrN3O2S. The van der Waals surface area contributed by atoms with Crippen molar-refractivity contribution in [1.82, 2.24) is 4.31 Å². The molecule has 0 heterocycles. The van der Waals surface area contributed by atoms with Crippen LogP contribution in [0.3, 0.4) is 0 Å². The molecule has 90 valence electrons. The highest BCUT2D eigenvalue weighted by Gasteiger charge is 2.16. The Hall–Kier alpha value is -0.790. The molecule has 1 rings (SSSR count). The van der Waals surface area contributed by atoms with Crippen LogP contribution in [-0.4, -0.2) is 26.8 Å². The highest BCUT2D eigenvalue weighted by Crippen LogP contribution is 2.31. The third-order valence-corrected chi connectivity index (χ3v) is 4.03. The topological polar surface area (TPSA) is 75.4 Å². The van der Waals surface area contributed by atoms with Crippen LogP contribution >= 0.6 is 15.9 Å². The minimum Gasteiger partial charge on any atom is -0.397 e. The van der Waals surface area contributed by atoms with E-state index in [4.69, 9.17) is 5.73 Å². The van der Waals surface area contributed by atoms with Gasteiger partial charge in [0.2, 0.25) is 0 Å². The summed E-state index contributed by atoms with van der Waals surface area (Å²) in [6.45, 7) is 1.88. The molecule has 0 unspecified atom stereocenters. The van der Waals surface area contributed by atoms with Gasteiger partial charge in [0, 0.05) is 18.6 Å². The number of halogens is 1. The second-order valence-electron chi connectivity index (χ2n) is 3.60. The monoisotopic (exact) mass is 307 g/mol. The third-order valence-electron chi connectivity index (χ3n) is 1.98. The van der Waals surface area contributed by atoms with Crippen LogP contribution in [0.2, 0.25) is 0 Å². The van der Waals surface area contributed by atoms with Crippen molar-refractivity contribution in [3.8, 4) is 0 Å². The van der Waals surface area contributed by atoms with Gasteiger partial charge < -0.3 is 5.73 Å². The Labute approximate surface area is 104 Å². The molecule has 0 aliphatic rings. The number of benzene rings is 1. The van der Waals surface area contributed by atoms with Crippen LogP contribution < -0.4 is 10.5 Å². The lowest BCUT2D eigenvalue weighted by Gasteiger charge is -2.16. The van der Waals surface area contributed by atoms with Crippen LogP contribution in [0, 0.1) is 6.92 Å². The Morgan fingerprint density at radius 2 is 1.94 bits per heavy atom. The van der Waals surface area contributed by atoms with Gasteiger partial charge in [-0.15, -0.1) is 0 Å². The quantitative estimate of drug-likeness (QED) is 0.832. The third kappa shape index (κ3) is 2.87. The first-order valence-corrected chi connectivity index (χ1v) is 6.73. The number of nitrogens with two attached hydrogens (primary N) is 1. The zero-order valence-corrected chi connectivity index (χ0v) is 11.7. The molecule has 5 nitrogen and oxygen atoms in total. The zero-order chi connectivity index (χ0) is 12.5. The van der Waals surface area contributed by atoms with Crippen molar-refractivity contribution in [2.24, 2.45) is 0 Å². The van der Waals surface area contributed by atoms with Crippen molar-refractivity contribution >= 4 is 37.5 Å². The van der Waals surface area contributed by atoms with Crippen molar-refractivity contribution < 1.29 is 8.42 Å². The van der Waals surface area contributed by atoms with E-state index in [0.717, 1.165) is 9.87 Å². The number of nitrogens with one attached hydrogen (secondary N) is 1. The Kier molecular flexibility index (Phi) is 3.82. The molecule has 0 spiro atoms. The number of hydrogen-bond acceptors (Lipinski definition) is 3. The van der Waals surface area contributed by atoms with Crippen LogP contribution in [0.1, 0.15) is 5.56 Å². The van der Waals surface area contributed by atoms with Gasteiger partial charge in [-0.2, -0.15) is 12.7 Å². The van der Waals surface area contributed by atoms with Gasteiger partial charge in [-0.25, -0.2) is 0 Å². The number of nitrogen functional groups attached to an aromatic ring is 1. The molecule has 16 heavy (non-hydrogen) atoms. The smallest absolute Gasteiger partial charge is 0.301 e. The number of nitrogens with zero attached hydrogens (tertiary/aromatic N) is 1. The Bertz CT molecular complexity index is 476. The normalized spacial score (nSPS) is 11.8. The molecule has 0 aliphatic heterocycles. The van der Waals surface area contributed by atoms with Crippen LogP contribution in [0.25, 0.3) is 0 Å². The molecule has 0 fully saturated rings. The minimum absolute atomic E-state index is 0.360. The SMILES string of the molecule is Cc1cc(N)c(NS(=O)(=O)N(C)C)c(Br)c1. The fourth-order valence-electron chi connectivity index (χ4n) is 1.10. The highest BCUT2D eigenvalue weighted by atomic mass is 79.9. The maximum absolute atomic E-state index is 11.6.